The van der Waals surface area contributed by atoms with E-state index in [-0.39, 0.29) is 29.4 Å². The molecular weight excluding hydrogens is 423 g/mol. The highest BCUT2D eigenvalue weighted by Gasteiger charge is 2.38. The average Bonchev–Trinajstić information content (AvgIpc) is 2.57. The van der Waals surface area contributed by atoms with Gasteiger partial charge in [-0.3, -0.25) is 9.98 Å². The molecule has 1 heterocycles. The molecule has 1 aromatic carbocycles. The van der Waals surface area contributed by atoms with Crippen molar-refractivity contribution in [1.82, 2.24) is 15.6 Å². The molecule has 1 aromatic heterocycles. The van der Waals surface area contributed by atoms with Gasteiger partial charge in [-0.25, -0.2) is 0 Å². The second kappa shape index (κ2) is 9.17. The number of aliphatic imine (C=N–C) groups is 1. The number of hydrogen-bond donors (Lipinski definition) is 2. The van der Waals surface area contributed by atoms with Crippen molar-refractivity contribution in [2.45, 2.75) is 38.1 Å². The largest absolute Gasteiger partial charge is 0.356 e. The number of nitrogens with one attached hydrogen (secondary N) is 2. The highest BCUT2D eigenvalue weighted by atomic mass is 127. The topological polar surface area (TPSA) is 49.3 Å². The number of aryl methyl sites for hydroxylation is 1. The third-order valence-electron chi connectivity index (χ3n) is 4.90. The summed E-state index contributed by atoms with van der Waals surface area (Å²) in [6, 6.07) is 16.9. The lowest BCUT2D eigenvalue weighted by atomic mass is 9.64. The van der Waals surface area contributed by atoms with E-state index in [4.69, 9.17) is 0 Å². The molecule has 2 N–H and O–H groups in total. The van der Waals surface area contributed by atoms with Gasteiger partial charge in [-0.2, -0.15) is 0 Å². The van der Waals surface area contributed by atoms with Crippen molar-refractivity contribution in [2.24, 2.45) is 4.99 Å². The van der Waals surface area contributed by atoms with Crippen molar-refractivity contribution >= 4 is 29.9 Å². The molecule has 2 aromatic rings. The summed E-state index contributed by atoms with van der Waals surface area (Å²) < 4.78 is 0. The number of aromatic nitrogens is 1. The molecule has 0 aliphatic heterocycles. The van der Waals surface area contributed by atoms with E-state index in [0.29, 0.717) is 6.54 Å². The molecule has 5 heteroatoms. The van der Waals surface area contributed by atoms with Gasteiger partial charge < -0.3 is 10.6 Å². The van der Waals surface area contributed by atoms with E-state index in [1.807, 2.05) is 32.2 Å². The fraction of sp³-hybridized carbons (Fsp3) is 0.400. The minimum Gasteiger partial charge on any atom is -0.356 e. The summed E-state index contributed by atoms with van der Waals surface area (Å²) in [6.45, 7) is 3.61. The first-order valence-corrected chi connectivity index (χ1v) is 8.64. The van der Waals surface area contributed by atoms with E-state index in [0.717, 1.165) is 23.9 Å². The van der Waals surface area contributed by atoms with Gasteiger partial charge >= 0.3 is 0 Å². The Labute approximate surface area is 167 Å². The number of hydrogen-bond acceptors (Lipinski definition) is 2. The second-order valence-electron chi connectivity index (χ2n) is 6.55. The van der Waals surface area contributed by atoms with Crippen molar-refractivity contribution in [2.75, 3.05) is 13.6 Å². The minimum atomic E-state index is 0. The zero-order valence-electron chi connectivity index (χ0n) is 15.0. The van der Waals surface area contributed by atoms with Crippen molar-refractivity contribution in [3.05, 3.63) is 65.5 Å². The Balaban J connectivity index is 0.00000225. The molecule has 4 nitrogen and oxygen atoms in total. The van der Waals surface area contributed by atoms with Crippen LogP contribution in [-0.2, 0) is 12.0 Å². The van der Waals surface area contributed by atoms with Gasteiger partial charge in [0.15, 0.2) is 5.96 Å². The summed E-state index contributed by atoms with van der Waals surface area (Å²) in [5.41, 5.74) is 3.74. The van der Waals surface area contributed by atoms with Gasteiger partial charge in [0.2, 0.25) is 0 Å². The summed E-state index contributed by atoms with van der Waals surface area (Å²) in [6.07, 6.45) is 3.77. The molecule has 0 saturated heterocycles. The number of nitrogens with zero attached hydrogens (tertiary/aromatic N) is 2. The Hall–Kier alpha value is -1.63. The van der Waals surface area contributed by atoms with Gasteiger partial charge in [-0.1, -0.05) is 42.8 Å². The molecular formula is C20H27IN4. The monoisotopic (exact) mass is 450 g/mol. The molecule has 3 rings (SSSR count). The number of rotatable bonds is 5. The van der Waals surface area contributed by atoms with Crippen molar-refractivity contribution < 1.29 is 0 Å². The van der Waals surface area contributed by atoms with Crippen LogP contribution < -0.4 is 10.6 Å². The maximum Gasteiger partial charge on any atom is 0.191 e. The molecule has 1 aliphatic carbocycles. The Morgan fingerprint density at radius 2 is 1.84 bits per heavy atom. The number of pyridine rings is 1. The first-order chi connectivity index (χ1) is 11.7. The zero-order chi connectivity index (χ0) is 16.8. The molecule has 0 bridgehead atoms. The van der Waals surface area contributed by atoms with E-state index < -0.39 is 0 Å². The quantitative estimate of drug-likeness (QED) is 0.414. The molecule has 1 saturated carbocycles. The van der Waals surface area contributed by atoms with Crippen LogP contribution in [0.3, 0.4) is 0 Å². The second-order valence-corrected chi connectivity index (χ2v) is 6.55. The van der Waals surface area contributed by atoms with Crippen LogP contribution in [0.25, 0.3) is 0 Å². The van der Waals surface area contributed by atoms with Gasteiger partial charge in [0.25, 0.3) is 0 Å². The van der Waals surface area contributed by atoms with Gasteiger partial charge in [-0.15, -0.1) is 24.0 Å². The minimum absolute atomic E-state index is 0. The smallest absolute Gasteiger partial charge is 0.191 e. The van der Waals surface area contributed by atoms with E-state index >= 15 is 0 Å². The molecule has 0 unspecified atom stereocenters. The highest BCUT2D eigenvalue weighted by molar-refractivity contribution is 14.0. The van der Waals surface area contributed by atoms with Crippen LogP contribution in [0.1, 0.15) is 36.2 Å². The van der Waals surface area contributed by atoms with Crippen molar-refractivity contribution in [1.29, 1.82) is 0 Å². The predicted molar refractivity (Wildman–Crippen MR) is 115 cm³/mol. The molecule has 134 valence electrons. The standard InChI is InChI=1S/C20H26N4.HI/c1-16-8-6-11-18(24-16)14-22-19(21-2)23-15-20(12-7-13-20)17-9-4-3-5-10-17;/h3-6,8-11H,7,12-15H2,1-2H3,(H2,21,22,23);1H. The Kier molecular flexibility index (Phi) is 7.23. The van der Waals surface area contributed by atoms with Crippen LogP contribution in [0.5, 0.6) is 0 Å². The summed E-state index contributed by atoms with van der Waals surface area (Å²) in [5.74, 6) is 0.834. The van der Waals surface area contributed by atoms with Crippen molar-refractivity contribution in [3.8, 4) is 0 Å². The first-order valence-electron chi connectivity index (χ1n) is 8.64. The lowest BCUT2D eigenvalue weighted by Crippen LogP contribution is -2.48. The Morgan fingerprint density at radius 3 is 2.44 bits per heavy atom. The molecule has 0 radical (unpaired) electrons. The summed E-state index contributed by atoms with van der Waals surface area (Å²) in [4.78, 5) is 8.87. The van der Waals surface area contributed by atoms with Gasteiger partial charge in [-0.05, 0) is 37.5 Å². The van der Waals surface area contributed by atoms with Crippen LogP contribution in [0, 0.1) is 6.92 Å². The zero-order valence-corrected chi connectivity index (χ0v) is 17.3. The van der Waals surface area contributed by atoms with Gasteiger partial charge in [0.05, 0.1) is 12.2 Å². The third kappa shape index (κ3) is 4.93. The van der Waals surface area contributed by atoms with Crippen LogP contribution in [-0.4, -0.2) is 24.5 Å². The molecule has 1 aliphatic rings. The normalized spacial score (nSPS) is 15.7. The third-order valence-corrected chi connectivity index (χ3v) is 4.90. The molecule has 25 heavy (non-hydrogen) atoms. The average molecular weight is 450 g/mol. The first kappa shape index (κ1) is 19.7. The summed E-state index contributed by atoms with van der Waals surface area (Å²) in [7, 11) is 1.81. The lowest BCUT2D eigenvalue weighted by Gasteiger charge is -2.43. The van der Waals surface area contributed by atoms with E-state index in [1.165, 1.54) is 24.8 Å². The maximum atomic E-state index is 4.52. The Bertz CT molecular complexity index is 696. The van der Waals surface area contributed by atoms with E-state index in [2.05, 4.69) is 50.9 Å². The molecule has 0 atom stereocenters. The fourth-order valence-corrected chi connectivity index (χ4v) is 3.31. The molecule has 0 spiro atoms. The SMILES string of the molecule is CN=C(NCc1cccc(C)n1)NCC1(c2ccccc2)CCC1.I. The molecule has 1 fully saturated rings. The van der Waals surface area contributed by atoms with Gasteiger partial charge in [0.1, 0.15) is 0 Å². The summed E-state index contributed by atoms with van der Waals surface area (Å²) >= 11 is 0. The lowest BCUT2D eigenvalue weighted by molar-refractivity contribution is 0.244. The van der Waals surface area contributed by atoms with E-state index in [9.17, 15) is 0 Å². The van der Waals surface area contributed by atoms with Crippen LogP contribution in [0.15, 0.2) is 53.5 Å². The predicted octanol–water partition coefficient (Wildman–Crippen LogP) is 3.79. The number of halogens is 1. The number of benzene rings is 1. The van der Waals surface area contributed by atoms with Gasteiger partial charge in [0, 0.05) is 24.7 Å². The van der Waals surface area contributed by atoms with Crippen LogP contribution in [0.4, 0.5) is 0 Å². The van der Waals surface area contributed by atoms with Crippen molar-refractivity contribution in [3.63, 3.8) is 0 Å². The Morgan fingerprint density at radius 1 is 1.08 bits per heavy atom. The summed E-state index contributed by atoms with van der Waals surface area (Å²) in [5, 5.41) is 6.87. The highest BCUT2D eigenvalue weighted by Crippen LogP contribution is 2.43. The van der Waals surface area contributed by atoms with Crippen LogP contribution in [0.2, 0.25) is 0 Å². The van der Waals surface area contributed by atoms with E-state index in [1.54, 1.807) is 0 Å². The maximum absolute atomic E-state index is 4.52. The number of guanidine groups is 1. The van der Waals surface area contributed by atoms with Crippen LogP contribution >= 0.6 is 24.0 Å². The fourth-order valence-electron chi connectivity index (χ4n) is 3.31. The molecule has 0 amide bonds.